The van der Waals surface area contributed by atoms with Crippen molar-refractivity contribution < 1.29 is 9.21 Å². The van der Waals surface area contributed by atoms with Crippen LogP contribution >= 0.6 is 11.8 Å². The molecule has 0 unspecified atom stereocenters. The Labute approximate surface area is 198 Å². The van der Waals surface area contributed by atoms with Gasteiger partial charge in [0.2, 0.25) is 11.7 Å². The number of rotatable bonds is 7. The lowest BCUT2D eigenvalue weighted by Crippen LogP contribution is -2.29. The Morgan fingerprint density at radius 1 is 1.00 bits per heavy atom. The quantitative estimate of drug-likeness (QED) is 0.447. The highest BCUT2D eigenvalue weighted by atomic mass is 32.2. The fourth-order valence-corrected chi connectivity index (χ4v) is 5.66. The standard InChI is InChI=1S/C25H31N5O2S/c31-23(26-19-11-13-20(14-12-19)29-15-5-2-6-16-29)18-33-25-28-27-24(22-10-7-17-32-22)30(25)21-8-3-1-4-9-21/h7,10-14,17,21H,1-6,8-9,15-16,18H2,(H,26,31). The Hall–Kier alpha value is -2.74. The summed E-state index contributed by atoms with van der Waals surface area (Å²) in [6.45, 7) is 2.23. The van der Waals surface area contributed by atoms with E-state index in [4.69, 9.17) is 4.42 Å². The highest BCUT2D eigenvalue weighted by molar-refractivity contribution is 7.99. The van der Waals surface area contributed by atoms with E-state index in [-0.39, 0.29) is 11.7 Å². The van der Waals surface area contributed by atoms with Crippen molar-refractivity contribution in [2.24, 2.45) is 0 Å². The summed E-state index contributed by atoms with van der Waals surface area (Å²) < 4.78 is 7.79. The first-order valence-electron chi connectivity index (χ1n) is 12.0. The van der Waals surface area contributed by atoms with E-state index in [1.54, 1.807) is 6.26 Å². The fraction of sp³-hybridized carbons (Fsp3) is 0.480. The molecule has 2 aliphatic rings. The zero-order valence-corrected chi connectivity index (χ0v) is 19.7. The Bertz CT molecular complexity index is 1040. The van der Waals surface area contributed by atoms with Gasteiger partial charge in [0.15, 0.2) is 10.9 Å². The van der Waals surface area contributed by atoms with Gasteiger partial charge in [0.05, 0.1) is 12.0 Å². The number of carbonyl (C=O) groups is 1. The van der Waals surface area contributed by atoms with Crippen molar-refractivity contribution in [2.45, 2.75) is 62.6 Å². The van der Waals surface area contributed by atoms with Crippen LogP contribution in [-0.4, -0.2) is 39.5 Å². The molecule has 3 aromatic rings. The highest BCUT2D eigenvalue weighted by Crippen LogP contribution is 2.35. The molecule has 1 amide bonds. The summed E-state index contributed by atoms with van der Waals surface area (Å²) in [6, 6.07) is 12.3. The molecular weight excluding hydrogens is 434 g/mol. The van der Waals surface area contributed by atoms with Gasteiger partial charge < -0.3 is 14.6 Å². The van der Waals surface area contributed by atoms with Crippen molar-refractivity contribution in [1.29, 1.82) is 0 Å². The van der Waals surface area contributed by atoms with Crippen molar-refractivity contribution >= 4 is 29.0 Å². The minimum absolute atomic E-state index is 0.0385. The molecule has 2 fully saturated rings. The Kier molecular flexibility index (Phi) is 7.00. The molecule has 174 valence electrons. The number of thioether (sulfide) groups is 1. The number of hydrogen-bond acceptors (Lipinski definition) is 6. The summed E-state index contributed by atoms with van der Waals surface area (Å²) in [5.41, 5.74) is 2.06. The number of nitrogens with one attached hydrogen (secondary N) is 1. The Morgan fingerprint density at radius 3 is 2.48 bits per heavy atom. The van der Waals surface area contributed by atoms with Gasteiger partial charge in [-0.3, -0.25) is 9.36 Å². The third kappa shape index (κ3) is 5.27. The highest BCUT2D eigenvalue weighted by Gasteiger charge is 2.25. The minimum Gasteiger partial charge on any atom is -0.461 e. The van der Waals surface area contributed by atoms with Crippen LogP contribution in [0.1, 0.15) is 57.4 Å². The second kappa shape index (κ2) is 10.5. The van der Waals surface area contributed by atoms with Gasteiger partial charge in [0, 0.05) is 30.5 Å². The normalized spacial score (nSPS) is 17.3. The molecule has 1 saturated heterocycles. The van der Waals surface area contributed by atoms with Gasteiger partial charge in [-0.2, -0.15) is 0 Å². The van der Waals surface area contributed by atoms with Crippen LogP contribution in [0.4, 0.5) is 11.4 Å². The number of aromatic nitrogens is 3. The molecule has 1 aliphatic heterocycles. The molecule has 1 saturated carbocycles. The number of piperidine rings is 1. The third-order valence-electron chi connectivity index (χ3n) is 6.55. The van der Waals surface area contributed by atoms with Crippen molar-refractivity contribution in [2.75, 3.05) is 29.1 Å². The maximum Gasteiger partial charge on any atom is 0.234 e. The van der Waals surface area contributed by atoms with Gasteiger partial charge >= 0.3 is 0 Å². The van der Waals surface area contributed by atoms with Crippen LogP contribution in [-0.2, 0) is 4.79 Å². The maximum atomic E-state index is 12.7. The molecule has 3 heterocycles. The van der Waals surface area contributed by atoms with Crippen LogP contribution < -0.4 is 10.2 Å². The van der Waals surface area contributed by atoms with Crippen molar-refractivity contribution in [3.05, 3.63) is 42.7 Å². The average Bonchev–Trinajstić information content (AvgIpc) is 3.54. The van der Waals surface area contributed by atoms with E-state index >= 15 is 0 Å². The van der Waals surface area contributed by atoms with E-state index < -0.39 is 0 Å². The van der Waals surface area contributed by atoms with E-state index in [9.17, 15) is 4.79 Å². The fourth-order valence-electron chi connectivity index (χ4n) is 4.85. The third-order valence-corrected chi connectivity index (χ3v) is 7.49. The number of nitrogens with zero attached hydrogens (tertiary/aromatic N) is 4. The maximum absolute atomic E-state index is 12.7. The van der Waals surface area contributed by atoms with Gasteiger partial charge in [-0.15, -0.1) is 10.2 Å². The van der Waals surface area contributed by atoms with E-state index in [2.05, 4.69) is 37.1 Å². The van der Waals surface area contributed by atoms with Crippen LogP contribution in [0.2, 0.25) is 0 Å². The molecule has 1 N–H and O–H groups in total. The summed E-state index contributed by atoms with van der Waals surface area (Å²) in [5, 5.41) is 12.6. The number of furan rings is 1. The summed E-state index contributed by atoms with van der Waals surface area (Å²) >= 11 is 1.44. The van der Waals surface area contributed by atoms with E-state index in [0.717, 1.165) is 48.4 Å². The molecule has 0 atom stereocenters. The van der Waals surface area contributed by atoms with Gasteiger partial charge in [0.1, 0.15) is 0 Å². The smallest absolute Gasteiger partial charge is 0.234 e. The predicted octanol–water partition coefficient (Wildman–Crippen LogP) is 5.76. The monoisotopic (exact) mass is 465 g/mol. The Morgan fingerprint density at radius 2 is 1.76 bits per heavy atom. The first-order chi connectivity index (χ1) is 16.3. The molecule has 0 spiro atoms. The first kappa shape index (κ1) is 22.1. The number of benzene rings is 1. The number of amides is 1. The Balaban J connectivity index is 1.23. The van der Waals surface area contributed by atoms with Gasteiger partial charge in [-0.25, -0.2) is 0 Å². The van der Waals surface area contributed by atoms with Gasteiger partial charge in [0.25, 0.3) is 0 Å². The lowest BCUT2D eigenvalue weighted by Gasteiger charge is -2.28. The number of anilines is 2. The van der Waals surface area contributed by atoms with Crippen LogP contribution in [0.5, 0.6) is 0 Å². The second-order valence-corrected chi connectivity index (χ2v) is 9.82. The van der Waals surface area contributed by atoms with Crippen LogP contribution in [0.25, 0.3) is 11.6 Å². The molecule has 7 nitrogen and oxygen atoms in total. The lowest BCUT2D eigenvalue weighted by atomic mass is 9.95. The molecule has 8 heteroatoms. The van der Waals surface area contributed by atoms with Gasteiger partial charge in [-0.05, 0) is 68.5 Å². The molecule has 33 heavy (non-hydrogen) atoms. The van der Waals surface area contributed by atoms with Crippen molar-refractivity contribution in [3.8, 4) is 11.6 Å². The zero-order chi connectivity index (χ0) is 22.5. The average molecular weight is 466 g/mol. The lowest BCUT2D eigenvalue weighted by molar-refractivity contribution is -0.113. The summed E-state index contributed by atoms with van der Waals surface area (Å²) in [7, 11) is 0. The molecule has 1 aliphatic carbocycles. The largest absolute Gasteiger partial charge is 0.461 e. The molecule has 1 aromatic carbocycles. The van der Waals surface area contributed by atoms with E-state index in [1.165, 1.54) is 56.0 Å². The SMILES string of the molecule is O=C(CSc1nnc(-c2ccco2)n1C1CCCCC1)Nc1ccc(N2CCCCC2)cc1. The summed E-state index contributed by atoms with van der Waals surface area (Å²) in [6.07, 6.45) is 11.4. The van der Waals surface area contributed by atoms with Gasteiger partial charge in [-0.1, -0.05) is 31.0 Å². The summed E-state index contributed by atoms with van der Waals surface area (Å²) in [4.78, 5) is 15.1. The minimum atomic E-state index is -0.0385. The second-order valence-electron chi connectivity index (χ2n) is 8.88. The van der Waals surface area contributed by atoms with E-state index in [0.29, 0.717) is 6.04 Å². The molecule has 0 radical (unpaired) electrons. The number of hydrogen-bond donors (Lipinski definition) is 1. The molecule has 2 aromatic heterocycles. The van der Waals surface area contributed by atoms with Crippen molar-refractivity contribution in [1.82, 2.24) is 14.8 Å². The summed E-state index contributed by atoms with van der Waals surface area (Å²) in [5.74, 6) is 1.72. The van der Waals surface area contributed by atoms with Crippen LogP contribution in [0, 0.1) is 0 Å². The number of carbonyl (C=O) groups excluding carboxylic acids is 1. The topological polar surface area (TPSA) is 76.2 Å². The molecule has 5 rings (SSSR count). The van der Waals surface area contributed by atoms with Crippen molar-refractivity contribution in [3.63, 3.8) is 0 Å². The molecular formula is C25H31N5O2S. The predicted molar refractivity (Wildman–Crippen MR) is 132 cm³/mol. The van der Waals surface area contributed by atoms with Crippen LogP contribution in [0.15, 0.2) is 52.2 Å². The van der Waals surface area contributed by atoms with E-state index in [1.807, 2.05) is 24.3 Å². The van der Waals surface area contributed by atoms with Crippen LogP contribution in [0.3, 0.4) is 0 Å². The first-order valence-corrected chi connectivity index (χ1v) is 13.0. The zero-order valence-electron chi connectivity index (χ0n) is 18.9. The molecule has 0 bridgehead atoms.